The molecule has 1 aromatic carbocycles. The van der Waals surface area contributed by atoms with Crippen LogP contribution in [0.25, 0.3) is 22.3 Å². The Kier molecular flexibility index (Phi) is 4.60. The summed E-state index contributed by atoms with van der Waals surface area (Å²) in [5, 5.41) is 6.91. The number of rotatable bonds is 2. The molecule has 2 aliphatic rings. The monoisotopic (exact) mass is 430 g/mol. The number of benzene rings is 1. The standard InChI is InChI=1S/C21H24F2N6O2/c1-11-17(24)21(10-31-11)5-7-29(8-6-21)20-25-18-15(19(30)28(20)2)16(26-27-18)13-9-12(22)3-4-14(13)23/h3-4,9,11,17H,5-8,10,24H2,1-2H3,(H,26,27)/t11-,17+/m0/s1. The molecule has 0 aliphatic carbocycles. The number of H-pyrrole nitrogens is 1. The number of ether oxygens (including phenoxy) is 1. The molecule has 2 atom stereocenters. The minimum Gasteiger partial charge on any atom is -0.376 e. The predicted octanol–water partition coefficient (Wildman–Crippen LogP) is 1.93. The lowest BCUT2D eigenvalue weighted by molar-refractivity contribution is 0.0973. The molecule has 31 heavy (non-hydrogen) atoms. The average molecular weight is 430 g/mol. The Morgan fingerprint density at radius 3 is 2.71 bits per heavy atom. The van der Waals surface area contributed by atoms with Crippen LogP contribution in [0, 0.1) is 17.0 Å². The summed E-state index contributed by atoms with van der Waals surface area (Å²) in [6.07, 6.45) is 1.72. The smallest absolute Gasteiger partial charge is 0.266 e. The van der Waals surface area contributed by atoms with E-state index in [9.17, 15) is 13.6 Å². The van der Waals surface area contributed by atoms with Crippen molar-refractivity contribution in [3.63, 3.8) is 0 Å². The molecular weight excluding hydrogens is 406 g/mol. The van der Waals surface area contributed by atoms with Crippen LogP contribution in [0.1, 0.15) is 19.8 Å². The summed E-state index contributed by atoms with van der Waals surface area (Å²) in [7, 11) is 1.62. The van der Waals surface area contributed by atoms with E-state index >= 15 is 0 Å². The zero-order valence-corrected chi connectivity index (χ0v) is 17.4. The van der Waals surface area contributed by atoms with Crippen LogP contribution in [0.5, 0.6) is 0 Å². The van der Waals surface area contributed by atoms with E-state index in [1.807, 2.05) is 11.8 Å². The number of aromatic nitrogens is 4. The fourth-order valence-electron chi connectivity index (χ4n) is 4.83. The van der Waals surface area contributed by atoms with Crippen molar-refractivity contribution in [2.24, 2.45) is 18.2 Å². The molecule has 5 rings (SSSR count). The van der Waals surface area contributed by atoms with E-state index in [0.29, 0.717) is 25.6 Å². The molecule has 8 nitrogen and oxygen atoms in total. The molecule has 0 saturated carbocycles. The highest BCUT2D eigenvalue weighted by atomic mass is 19.1. The molecule has 0 radical (unpaired) electrons. The van der Waals surface area contributed by atoms with Crippen LogP contribution < -0.4 is 16.2 Å². The van der Waals surface area contributed by atoms with Gasteiger partial charge in [-0.3, -0.25) is 14.5 Å². The first-order valence-corrected chi connectivity index (χ1v) is 10.3. The molecule has 2 aromatic heterocycles. The number of nitrogens with one attached hydrogen (secondary N) is 1. The van der Waals surface area contributed by atoms with E-state index in [-0.39, 0.29) is 45.4 Å². The Bertz CT molecular complexity index is 1210. The zero-order chi connectivity index (χ0) is 21.9. The third-order valence-corrected chi connectivity index (χ3v) is 6.85. The largest absolute Gasteiger partial charge is 0.376 e. The molecule has 0 unspecified atom stereocenters. The van der Waals surface area contributed by atoms with E-state index in [1.165, 1.54) is 4.57 Å². The molecule has 1 spiro atoms. The van der Waals surface area contributed by atoms with Crippen LogP contribution >= 0.6 is 0 Å². The maximum absolute atomic E-state index is 14.3. The van der Waals surface area contributed by atoms with Gasteiger partial charge in [0.15, 0.2) is 5.65 Å². The number of hydrogen-bond acceptors (Lipinski definition) is 6. The minimum atomic E-state index is -0.661. The first-order valence-electron chi connectivity index (χ1n) is 10.3. The van der Waals surface area contributed by atoms with Crippen LogP contribution in [-0.4, -0.2) is 51.6 Å². The van der Waals surface area contributed by atoms with Crippen LogP contribution in [-0.2, 0) is 11.8 Å². The number of halogens is 2. The van der Waals surface area contributed by atoms with Crippen molar-refractivity contribution < 1.29 is 13.5 Å². The second-order valence-corrected chi connectivity index (χ2v) is 8.59. The van der Waals surface area contributed by atoms with Crippen molar-refractivity contribution in [2.45, 2.75) is 31.9 Å². The van der Waals surface area contributed by atoms with Crippen LogP contribution in [0.3, 0.4) is 0 Å². The van der Waals surface area contributed by atoms with Gasteiger partial charge < -0.3 is 15.4 Å². The molecular formula is C21H24F2N6O2. The van der Waals surface area contributed by atoms with Crippen molar-refractivity contribution in [1.82, 2.24) is 19.7 Å². The summed E-state index contributed by atoms with van der Waals surface area (Å²) in [6.45, 7) is 4.03. The number of fused-ring (bicyclic) bond motifs is 1. The SMILES string of the molecule is C[C@@H]1OCC2(CCN(c3nc4[nH]nc(-c5cc(F)ccc5F)c4c(=O)n3C)CC2)[C@@H]1N. The molecule has 3 N–H and O–H groups in total. The molecule has 10 heteroatoms. The van der Waals surface area contributed by atoms with Gasteiger partial charge in [0, 0.05) is 37.2 Å². The molecule has 2 fully saturated rings. The van der Waals surface area contributed by atoms with Crippen LogP contribution in [0.15, 0.2) is 23.0 Å². The molecule has 0 bridgehead atoms. The lowest BCUT2D eigenvalue weighted by atomic mass is 9.73. The third-order valence-electron chi connectivity index (χ3n) is 6.85. The first-order chi connectivity index (χ1) is 14.8. The van der Waals surface area contributed by atoms with Crippen molar-refractivity contribution >= 4 is 17.0 Å². The molecule has 4 heterocycles. The maximum Gasteiger partial charge on any atom is 0.266 e. The average Bonchev–Trinajstić information content (AvgIpc) is 3.30. The Morgan fingerprint density at radius 2 is 2.03 bits per heavy atom. The predicted molar refractivity (Wildman–Crippen MR) is 112 cm³/mol. The fourth-order valence-corrected chi connectivity index (χ4v) is 4.83. The Morgan fingerprint density at radius 1 is 1.29 bits per heavy atom. The molecule has 2 aliphatic heterocycles. The summed E-state index contributed by atoms with van der Waals surface area (Å²) >= 11 is 0. The summed E-state index contributed by atoms with van der Waals surface area (Å²) in [4.78, 5) is 19.8. The number of hydrogen-bond donors (Lipinski definition) is 2. The van der Waals surface area contributed by atoms with Gasteiger partial charge in [0.25, 0.3) is 5.56 Å². The molecule has 0 amide bonds. The summed E-state index contributed by atoms with van der Waals surface area (Å²) in [6, 6.07) is 3.05. The van der Waals surface area contributed by atoms with Gasteiger partial charge in [0.1, 0.15) is 22.7 Å². The Balaban J connectivity index is 1.51. The quantitative estimate of drug-likeness (QED) is 0.644. The van der Waals surface area contributed by atoms with E-state index in [0.717, 1.165) is 31.0 Å². The number of piperidine rings is 1. The number of aromatic amines is 1. The normalized spacial score (nSPS) is 23.2. The van der Waals surface area contributed by atoms with Crippen molar-refractivity contribution in [2.75, 3.05) is 24.6 Å². The molecule has 2 saturated heterocycles. The minimum absolute atomic E-state index is 0.00904. The van der Waals surface area contributed by atoms with Crippen molar-refractivity contribution in [3.8, 4) is 11.3 Å². The van der Waals surface area contributed by atoms with Crippen LogP contribution in [0.2, 0.25) is 0 Å². The zero-order valence-electron chi connectivity index (χ0n) is 17.4. The van der Waals surface area contributed by atoms with E-state index in [2.05, 4.69) is 15.2 Å². The van der Waals surface area contributed by atoms with E-state index in [4.69, 9.17) is 10.5 Å². The van der Waals surface area contributed by atoms with Crippen molar-refractivity contribution in [3.05, 3.63) is 40.2 Å². The first kappa shape index (κ1) is 20.1. The highest BCUT2D eigenvalue weighted by Gasteiger charge is 2.47. The van der Waals surface area contributed by atoms with E-state index < -0.39 is 11.6 Å². The van der Waals surface area contributed by atoms with Gasteiger partial charge in [-0.1, -0.05) is 0 Å². The van der Waals surface area contributed by atoms with Gasteiger partial charge in [0.05, 0.1) is 12.7 Å². The van der Waals surface area contributed by atoms with Crippen molar-refractivity contribution in [1.29, 1.82) is 0 Å². The second kappa shape index (κ2) is 7.10. The number of nitrogens with two attached hydrogens (primary N) is 1. The maximum atomic E-state index is 14.3. The number of anilines is 1. The van der Waals surface area contributed by atoms with E-state index in [1.54, 1.807) is 7.05 Å². The fraction of sp³-hybridized carbons (Fsp3) is 0.476. The van der Waals surface area contributed by atoms with Gasteiger partial charge in [-0.2, -0.15) is 10.1 Å². The molecule has 3 aromatic rings. The third kappa shape index (κ3) is 3.04. The Labute approximate surface area is 177 Å². The topological polar surface area (TPSA) is 102 Å². The number of nitrogens with zero attached hydrogens (tertiary/aromatic N) is 4. The lowest BCUT2D eigenvalue weighted by Crippen LogP contribution is -2.51. The summed E-state index contributed by atoms with van der Waals surface area (Å²) < 4.78 is 35.2. The highest BCUT2D eigenvalue weighted by Crippen LogP contribution is 2.41. The van der Waals surface area contributed by atoms with Gasteiger partial charge in [-0.05, 0) is 38.0 Å². The highest BCUT2D eigenvalue weighted by molar-refractivity contribution is 5.90. The van der Waals surface area contributed by atoms with Gasteiger partial charge in [-0.25, -0.2) is 8.78 Å². The molecule has 164 valence electrons. The van der Waals surface area contributed by atoms with Gasteiger partial charge in [-0.15, -0.1) is 0 Å². The lowest BCUT2D eigenvalue weighted by Gasteiger charge is -2.41. The van der Waals surface area contributed by atoms with Gasteiger partial charge in [0.2, 0.25) is 5.95 Å². The summed E-state index contributed by atoms with van der Waals surface area (Å²) in [5.74, 6) is -0.769. The summed E-state index contributed by atoms with van der Waals surface area (Å²) in [5.41, 5.74) is 6.19. The van der Waals surface area contributed by atoms with Crippen LogP contribution in [0.4, 0.5) is 14.7 Å². The second-order valence-electron chi connectivity index (χ2n) is 8.59. The Hall–Kier alpha value is -2.85. The van der Waals surface area contributed by atoms with Gasteiger partial charge >= 0.3 is 0 Å².